The van der Waals surface area contributed by atoms with E-state index in [0.717, 1.165) is 23.1 Å². The molecular formula is C20H22N2O3S. The molecule has 0 N–H and O–H groups in total. The number of hydrogen-bond donors (Lipinski definition) is 0. The molecule has 136 valence electrons. The predicted molar refractivity (Wildman–Crippen MR) is 105 cm³/mol. The summed E-state index contributed by atoms with van der Waals surface area (Å²) < 4.78 is 6.73. The number of benzene rings is 1. The Balaban J connectivity index is 2.05. The van der Waals surface area contributed by atoms with Crippen LogP contribution >= 0.6 is 11.3 Å². The molecule has 26 heavy (non-hydrogen) atoms. The minimum atomic E-state index is -0.723. The normalized spacial score (nSPS) is 13.5. The highest BCUT2D eigenvalue weighted by Crippen LogP contribution is 2.31. The van der Waals surface area contributed by atoms with Gasteiger partial charge in [0.1, 0.15) is 10.9 Å². The van der Waals surface area contributed by atoms with Crippen molar-refractivity contribution in [1.29, 1.82) is 0 Å². The summed E-state index contributed by atoms with van der Waals surface area (Å²) in [6, 6.07) is 7.29. The minimum Gasteiger partial charge on any atom is -0.461 e. The van der Waals surface area contributed by atoms with Crippen LogP contribution in [-0.4, -0.2) is 21.6 Å². The van der Waals surface area contributed by atoms with Crippen molar-refractivity contribution >= 4 is 27.5 Å². The van der Waals surface area contributed by atoms with Crippen LogP contribution in [0.1, 0.15) is 38.8 Å². The zero-order chi connectivity index (χ0) is 18.8. The average Bonchev–Trinajstić information content (AvgIpc) is 3.07. The zero-order valence-electron chi connectivity index (χ0n) is 15.4. The Bertz CT molecular complexity index is 988. The smallest absolute Gasteiger partial charge is 0.329 e. The number of fused-ring (bicyclic) bond motifs is 1. The zero-order valence-corrected chi connectivity index (χ0v) is 16.2. The molecule has 0 spiro atoms. The Labute approximate surface area is 156 Å². The van der Waals surface area contributed by atoms with Crippen molar-refractivity contribution in [3.8, 4) is 11.1 Å². The van der Waals surface area contributed by atoms with Gasteiger partial charge in [-0.25, -0.2) is 9.78 Å². The molecule has 5 nitrogen and oxygen atoms in total. The maximum Gasteiger partial charge on any atom is 0.329 e. The maximum absolute atomic E-state index is 13.1. The third-order valence-electron chi connectivity index (χ3n) is 4.53. The SMILES string of the molecule is CC[C@@H](C)OC(=O)[C@@H](C)n1cnc2scc(-c3ccc(C)cc3)c2c1=O. The summed E-state index contributed by atoms with van der Waals surface area (Å²) in [6.07, 6.45) is 1.98. The van der Waals surface area contributed by atoms with Crippen molar-refractivity contribution in [1.82, 2.24) is 9.55 Å². The number of nitrogens with zero attached hydrogens (tertiary/aromatic N) is 2. The number of ether oxygens (including phenoxy) is 1. The Hall–Kier alpha value is -2.47. The van der Waals surface area contributed by atoms with Gasteiger partial charge >= 0.3 is 5.97 Å². The van der Waals surface area contributed by atoms with E-state index in [9.17, 15) is 9.59 Å². The molecule has 0 aliphatic rings. The highest BCUT2D eigenvalue weighted by Gasteiger charge is 2.22. The Kier molecular flexibility index (Phi) is 5.23. The Morgan fingerprint density at radius 2 is 1.96 bits per heavy atom. The van der Waals surface area contributed by atoms with E-state index in [1.807, 2.05) is 50.4 Å². The number of aromatic nitrogens is 2. The van der Waals surface area contributed by atoms with Gasteiger partial charge in [0.2, 0.25) is 0 Å². The molecule has 0 saturated carbocycles. The van der Waals surface area contributed by atoms with Gasteiger partial charge in [-0.1, -0.05) is 36.8 Å². The van der Waals surface area contributed by atoms with Crippen LogP contribution in [0.3, 0.4) is 0 Å². The second-order valence-corrected chi connectivity index (χ2v) is 7.34. The fourth-order valence-corrected chi connectivity index (χ4v) is 3.57. The summed E-state index contributed by atoms with van der Waals surface area (Å²) in [5.41, 5.74) is 2.75. The summed E-state index contributed by atoms with van der Waals surface area (Å²) >= 11 is 1.43. The molecule has 2 atom stereocenters. The molecule has 1 aromatic carbocycles. The van der Waals surface area contributed by atoms with E-state index >= 15 is 0 Å². The van der Waals surface area contributed by atoms with Crippen molar-refractivity contribution in [3.05, 3.63) is 51.9 Å². The Morgan fingerprint density at radius 3 is 2.62 bits per heavy atom. The largest absolute Gasteiger partial charge is 0.461 e. The molecule has 0 radical (unpaired) electrons. The number of carbonyl (C=O) groups is 1. The van der Waals surface area contributed by atoms with Crippen molar-refractivity contribution in [2.24, 2.45) is 0 Å². The van der Waals surface area contributed by atoms with Gasteiger partial charge in [0.25, 0.3) is 5.56 Å². The van der Waals surface area contributed by atoms with Crippen LogP contribution in [-0.2, 0) is 9.53 Å². The minimum absolute atomic E-state index is 0.179. The van der Waals surface area contributed by atoms with E-state index in [1.165, 1.54) is 22.2 Å². The first kappa shape index (κ1) is 18.3. The first-order valence-electron chi connectivity index (χ1n) is 8.68. The van der Waals surface area contributed by atoms with Crippen LogP contribution in [0.2, 0.25) is 0 Å². The fourth-order valence-electron chi connectivity index (χ4n) is 2.66. The van der Waals surface area contributed by atoms with Crippen LogP contribution in [0, 0.1) is 6.92 Å². The fraction of sp³-hybridized carbons (Fsp3) is 0.350. The standard InChI is InChI=1S/C20H22N2O3S/c1-5-13(3)25-20(24)14(4)22-11-21-18-17(19(22)23)16(10-26-18)15-8-6-12(2)7-9-15/h6-11,13-14H,5H2,1-4H3/t13-,14-/m1/s1. The highest BCUT2D eigenvalue weighted by molar-refractivity contribution is 7.17. The van der Waals surface area contributed by atoms with E-state index in [1.54, 1.807) is 6.92 Å². The molecule has 0 amide bonds. The summed E-state index contributed by atoms with van der Waals surface area (Å²) in [4.78, 5) is 30.5. The van der Waals surface area contributed by atoms with Gasteiger partial charge in [0.15, 0.2) is 0 Å². The molecule has 0 bridgehead atoms. The molecule has 0 aliphatic carbocycles. The van der Waals surface area contributed by atoms with Crippen LogP contribution in [0.25, 0.3) is 21.3 Å². The van der Waals surface area contributed by atoms with E-state index in [4.69, 9.17) is 4.74 Å². The molecular weight excluding hydrogens is 348 g/mol. The third-order valence-corrected chi connectivity index (χ3v) is 5.42. The molecule has 2 heterocycles. The topological polar surface area (TPSA) is 61.2 Å². The lowest BCUT2D eigenvalue weighted by molar-refractivity contribution is -0.152. The number of thiophene rings is 1. The monoisotopic (exact) mass is 370 g/mol. The van der Waals surface area contributed by atoms with Crippen LogP contribution < -0.4 is 5.56 Å². The van der Waals surface area contributed by atoms with Crippen LogP contribution in [0.15, 0.2) is 40.8 Å². The van der Waals surface area contributed by atoms with Gasteiger partial charge in [-0.2, -0.15) is 0 Å². The number of hydrogen-bond acceptors (Lipinski definition) is 5. The lowest BCUT2D eigenvalue weighted by Gasteiger charge is -2.17. The quantitative estimate of drug-likeness (QED) is 0.627. The molecule has 0 unspecified atom stereocenters. The number of esters is 1. The first-order valence-corrected chi connectivity index (χ1v) is 9.56. The van der Waals surface area contributed by atoms with Gasteiger partial charge in [0.05, 0.1) is 17.8 Å². The molecule has 0 fully saturated rings. The molecule has 3 rings (SSSR count). The summed E-state index contributed by atoms with van der Waals surface area (Å²) in [5.74, 6) is -0.422. The van der Waals surface area contributed by atoms with Crippen molar-refractivity contribution < 1.29 is 9.53 Å². The maximum atomic E-state index is 13.1. The van der Waals surface area contributed by atoms with Crippen molar-refractivity contribution in [2.75, 3.05) is 0 Å². The molecule has 6 heteroatoms. The summed E-state index contributed by atoms with van der Waals surface area (Å²) in [6.45, 7) is 7.47. The molecule has 3 aromatic rings. The predicted octanol–water partition coefficient (Wildman–Crippen LogP) is 4.34. The average molecular weight is 370 g/mol. The number of rotatable bonds is 5. The number of carbonyl (C=O) groups excluding carboxylic acids is 1. The van der Waals surface area contributed by atoms with Crippen LogP contribution in [0.5, 0.6) is 0 Å². The molecule has 0 saturated heterocycles. The number of aryl methyl sites for hydroxylation is 1. The molecule has 2 aromatic heterocycles. The third kappa shape index (κ3) is 3.42. The van der Waals surface area contributed by atoms with E-state index in [2.05, 4.69) is 4.98 Å². The van der Waals surface area contributed by atoms with Gasteiger partial charge in [-0.15, -0.1) is 11.3 Å². The summed E-state index contributed by atoms with van der Waals surface area (Å²) in [7, 11) is 0. The van der Waals surface area contributed by atoms with Gasteiger partial charge in [-0.05, 0) is 32.8 Å². The van der Waals surface area contributed by atoms with E-state index in [0.29, 0.717) is 10.2 Å². The molecule has 0 aliphatic heterocycles. The van der Waals surface area contributed by atoms with E-state index in [-0.39, 0.29) is 11.7 Å². The highest BCUT2D eigenvalue weighted by atomic mass is 32.1. The lowest BCUT2D eigenvalue weighted by Crippen LogP contribution is -2.31. The summed E-state index contributed by atoms with van der Waals surface area (Å²) in [5, 5.41) is 2.49. The second kappa shape index (κ2) is 7.41. The van der Waals surface area contributed by atoms with Crippen molar-refractivity contribution in [3.63, 3.8) is 0 Å². The lowest BCUT2D eigenvalue weighted by atomic mass is 10.0. The van der Waals surface area contributed by atoms with Crippen molar-refractivity contribution in [2.45, 2.75) is 46.3 Å². The first-order chi connectivity index (χ1) is 12.4. The van der Waals surface area contributed by atoms with Gasteiger partial charge in [-0.3, -0.25) is 9.36 Å². The van der Waals surface area contributed by atoms with Gasteiger partial charge < -0.3 is 4.74 Å². The van der Waals surface area contributed by atoms with Gasteiger partial charge in [0, 0.05) is 10.9 Å². The Morgan fingerprint density at radius 1 is 1.27 bits per heavy atom. The van der Waals surface area contributed by atoms with Crippen LogP contribution in [0.4, 0.5) is 0 Å². The second-order valence-electron chi connectivity index (χ2n) is 6.48. The van der Waals surface area contributed by atoms with E-state index < -0.39 is 12.0 Å².